The standard InChI is InChI=1S/C11H13Br2NO/c12-8-2-1-3-9(13)10(8)11(15)4-6-14-7-5-11/h1-3,14-15H,4-7H2. The molecule has 1 fully saturated rings. The normalized spacial score (nSPS) is 20.2. The summed E-state index contributed by atoms with van der Waals surface area (Å²) in [5.74, 6) is 0. The molecule has 1 aromatic carbocycles. The van der Waals surface area contributed by atoms with E-state index in [0.29, 0.717) is 0 Å². The highest BCUT2D eigenvalue weighted by atomic mass is 79.9. The molecule has 2 nitrogen and oxygen atoms in total. The molecule has 0 bridgehead atoms. The van der Waals surface area contributed by atoms with Crippen molar-refractivity contribution in [3.05, 3.63) is 32.7 Å². The molecule has 0 aromatic heterocycles. The zero-order valence-corrected chi connectivity index (χ0v) is 11.4. The van der Waals surface area contributed by atoms with Crippen molar-refractivity contribution in [2.75, 3.05) is 13.1 Å². The van der Waals surface area contributed by atoms with Gasteiger partial charge in [-0.2, -0.15) is 0 Å². The molecule has 1 heterocycles. The highest BCUT2D eigenvalue weighted by molar-refractivity contribution is 9.11. The number of hydrogen-bond acceptors (Lipinski definition) is 2. The molecular formula is C11H13Br2NO. The molecule has 2 rings (SSSR count). The van der Waals surface area contributed by atoms with E-state index in [4.69, 9.17) is 0 Å². The van der Waals surface area contributed by atoms with Gasteiger partial charge in [0.25, 0.3) is 0 Å². The van der Waals surface area contributed by atoms with Gasteiger partial charge in [0, 0.05) is 14.5 Å². The Balaban J connectivity index is 2.42. The van der Waals surface area contributed by atoms with Gasteiger partial charge >= 0.3 is 0 Å². The minimum absolute atomic E-state index is 0.704. The lowest BCUT2D eigenvalue weighted by Gasteiger charge is -2.34. The number of hydrogen-bond donors (Lipinski definition) is 2. The van der Waals surface area contributed by atoms with Crippen LogP contribution in [0.25, 0.3) is 0 Å². The molecular weight excluding hydrogens is 322 g/mol. The Bertz CT molecular complexity index is 341. The van der Waals surface area contributed by atoms with E-state index in [-0.39, 0.29) is 0 Å². The molecule has 1 aliphatic heterocycles. The second-order valence-corrected chi connectivity index (χ2v) is 5.59. The minimum atomic E-state index is -0.704. The molecule has 0 atom stereocenters. The number of piperidine rings is 1. The number of rotatable bonds is 1. The van der Waals surface area contributed by atoms with Crippen LogP contribution in [0.4, 0.5) is 0 Å². The molecule has 15 heavy (non-hydrogen) atoms. The first-order chi connectivity index (χ1) is 7.13. The molecule has 1 saturated heterocycles. The molecule has 0 radical (unpaired) electrons. The SMILES string of the molecule is OC1(c2c(Br)cccc2Br)CCNCC1. The van der Waals surface area contributed by atoms with E-state index in [1.54, 1.807) is 0 Å². The van der Waals surface area contributed by atoms with E-state index in [1.165, 1.54) is 0 Å². The fourth-order valence-corrected chi connectivity index (χ4v) is 3.77. The van der Waals surface area contributed by atoms with Gasteiger partial charge < -0.3 is 10.4 Å². The first-order valence-electron chi connectivity index (χ1n) is 5.01. The van der Waals surface area contributed by atoms with Crippen LogP contribution in [0, 0.1) is 0 Å². The van der Waals surface area contributed by atoms with Crippen LogP contribution in [0.2, 0.25) is 0 Å². The lowest BCUT2D eigenvalue weighted by atomic mass is 9.85. The zero-order valence-electron chi connectivity index (χ0n) is 8.26. The highest BCUT2D eigenvalue weighted by Crippen LogP contribution is 2.39. The van der Waals surface area contributed by atoms with Gasteiger partial charge in [0.2, 0.25) is 0 Å². The van der Waals surface area contributed by atoms with Gasteiger partial charge in [-0.3, -0.25) is 0 Å². The van der Waals surface area contributed by atoms with Crippen molar-refractivity contribution in [3.8, 4) is 0 Å². The van der Waals surface area contributed by atoms with Gasteiger partial charge in [0.05, 0.1) is 5.60 Å². The van der Waals surface area contributed by atoms with Crippen LogP contribution in [0.1, 0.15) is 18.4 Å². The third-order valence-electron chi connectivity index (χ3n) is 2.86. The third kappa shape index (κ3) is 2.28. The topological polar surface area (TPSA) is 32.3 Å². The summed E-state index contributed by atoms with van der Waals surface area (Å²) in [4.78, 5) is 0. The monoisotopic (exact) mass is 333 g/mol. The average Bonchev–Trinajstić information content (AvgIpc) is 2.18. The maximum atomic E-state index is 10.6. The highest BCUT2D eigenvalue weighted by Gasteiger charge is 2.34. The number of aliphatic hydroxyl groups is 1. The van der Waals surface area contributed by atoms with Gasteiger partial charge in [-0.15, -0.1) is 0 Å². The van der Waals surface area contributed by atoms with Crippen LogP contribution < -0.4 is 5.32 Å². The van der Waals surface area contributed by atoms with E-state index < -0.39 is 5.60 Å². The lowest BCUT2D eigenvalue weighted by molar-refractivity contribution is 0.00460. The second-order valence-electron chi connectivity index (χ2n) is 3.88. The van der Waals surface area contributed by atoms with E-state index in [2.05, 4.69) is 37.2 Å². The number of benzene rings is 1. The summed E-state index contributed by atoms with van der Waals surface area (Å²) in [7, 11) is 0. The van der Waals surface area contributed by atoms with Gasteiger partial charge in [0.1, 0.15) is 0 Å². The summed E-state index contributed by atoms with van der Waals surface area (Å²) in [6, 6.07) is 5.91. The number of nitrogens with one attached hydrogen (secondary N) is 1. The zero-order chi connectivity index (χ0) is 10.9. The van der Waals surface area contributed by atoms with E-state index in [1.807, 2.05) is 18.2 Å². The quantitative estimate of drug-likeness (QED) is 0.827. The Kier molecular flexibility index (Phi) is 3.50. The predicted molar refractivity (Wildman–Crippen MR) is 67.8 cm³/mol. The molecule has 0 unspecified atom stereocenters. The predicted octanol–water partition coefficient (Wildman–Crippen LogP) is 2.78. The lowest BCUT2D eigenvalue weighted by Crippen LogP contribution is -2.40. The van der Waals surface area contributed by atoms with Crippen molar-refractivity contribution in [3.63, 3.8) is 0 Å². The Hall–Kier alpha value is 0.1000. The summed E-state index contributed by atoms with van der Waals surface area (Å²) in [5, 5.41) is 13.9. The largest absolute Gasteiger partial charge is 0.385 e. The Morgan fingerprint density at radius 1 is 1.13 bits per heavy atom. The van der Waals surface area contributed by atoms with Crippen molar-refractivity contribution >= 4 is 31.9 Å². The van der Waals surface area contributed by atoms with Gasteiger partial charge in [-0.05, 0) is 38.1 Å². The summed E-state index contributed by atoms with van der Waals surface area (Å²) in [6.07, 6.45) is 1.52. The minimum Gasteiger partial charge on any atom is -0.385 e. The molecule has 1 aliphatic rings. The molecule has 82 valence electrons. The van der Waals surface area contributed by atoms with Crippen molar-refractivity contribution in [1.82, 2.24) is 5.32 Å². The Labute approximate surface area is 106 Å². The molecule has 0 saturated carbocycles. The van der Waals surface area contributed by atoms with E-state index in [0.717, 1.165) is 40.4 Å². The van der Waals surface area contributed by atoms with Crippen molar-refractivity contribution in [2.45, 2.75) is 18.4 Å². The summed E-state index contributed by atoms with van der Waals surface area (Å²) in [5.41, 5.74) is 0.274. The molecule has 2 N–H and O–H groups in total. The van der Waals surface area contributed by atoms with Crippen LogP contribution in [0.3, 0.4) is 0 Å². The van der Waals surface area contributed by atoms with Gasteiger partial charge in [-0.1, -0.05) is 37.9 Å². The van der Waals surface area contributed by atoms with Crippen LogP contribution >= 0.6 is 31.9 Å². The maximum absolute atomic E-state index is 10.6. The number of halogens is 2. The van der Waals surface area contributed by atoms with Crippen LogP contribution in [0.15, 0.2) is 27.1 Å². The molecule has 1 aromatic rings. The smallest absolute Gasteiger partial charge is 0.0942 e. The van der Waals surface area contributed by atoms with Crippen molar-refractivity contribution in [2.24, 2.45) is 0 Å². The summed E-state index contributed by atoms with van der Waals surface area (Å²) < 4.78 is 1.95. The van der Waals surface area contributed by atoms with E-state index >= 15 is 0 Å². The van der Waals surface area contributed by atoms with Crippen LogP contribution in [0.5, 0.6) is 0 Å². The summed E-state index contributed by atoms with van der Waals surface area (Å²) >= 11 is 7.01. The summed E-state index contributed by atoms with van der Waals surface area (Å²) in [6.45, 7) is 1.73. The fourth-order valence-electron chi connectivity index (χ4n) is 2.03. The van der Waals surface area contributed by atoms with Crippen LogP contribution in [-0.2, 0) is 5.60 Å². The van der Waals surface area contributed by atoms with E-state index in [9.17, 15) is 5.11 Å². The van der Waals surface area contributed by atoms with Crippen molar-refractivity contribution in [1.29, 1.82) is 0 Å². The first-order valence-corrected chi connectivity index (χ1v) is 6.60. The average molecular weight is 335 g/mol. The molecule has 0 spiro atoms. The molecule has 0 aliphatic carbocycles. The fraction of sp³-hybridized carbons (Fsp3) is 0.455. The van der Waals surface area contributed by atoms with Crippen molar-refractivity contribution < 1.29 is 5.11 Å². The van der Waals surface area contributed by atoms with Gasteiger partial charge in [-0.25, -0.2) is 0 Å². The molecule has 4 heteroatoms. The van der Waals surface area contributed by atoms with Gasteiger partial charge in [0.15, 0.2) is 0 Å². The second kappa shape index (κ2) is 4.53. The Morgan fingerprint density at radius 3 is 2.20 bits per heavy atom. The first kappa shape index (κ1) is 11.6. The maximum Gasteiger partial charge on any atom is 0.0942 e. The van der Waals surface area contributed by atoms with Crippen LogP contribution in [-0.4, -0.2) is 18.2 Å². The third-order valence-corrected chi connectivity index (χ3v) is 4.18. The molecule has 0 amide bonds. The Morgan fingerprint density at radius 2 is 1.67 bits per heavy atom.